The standard InChI is InChI=1S/C27H38ClN3O4S/c1-6-7-16-29-27(33)22(4)30(19-23-12-14-24(28)15-13-23)26(32)9-8-17-31(36(5,34)35)25-18-20(2)10-11-21(25)3/h10-15,18,22H,6-9,16-17,19H2,1-5H3,(H,29,33)/t22-/m1/s1. The number of benzene rings is 2. The molecule has 0 unspecified atom stereocenters. The number of amides is 2. The molecule has 0 saturated heterocycles. The van der Waals surface area contributed by atoms with Gasteiger partial charge in [-0.3, -0.25) is 13.9 Å². The van der Waals surface area contributed by atoms with Crippen LogP contribution in [-0.4, -0.2) is 50.5 Å². The zero-order valence-corrected chi connectivity index (χ0v) is 23.5. The summed E-state index contributed by atoms with van der Waals surface area (Å²) in [7, 11) is -3.54. The van der Waals surface area contributed by atoms with Gasteiger partial charge >= 0.3 is 0 Å². The van der Waals surface area contributed by atoms with Gasteiger partial charge in [-0.15, -0.1) is 0 Å². The van der Waals surface area contributed by atoms with Crippen molar-refractivity contribution in [3.63, 3.8) is 0 Å². The molecule has 2 aromatic rings. The summed E-state index contributed by atoms with van der Waals surface area (Å²) < 4.78 is 26.5. The zero-order chi connectivity index (χ0) is 26.9. The Morgan fingerprint density at radius 2 is 1.72 bits per heavy atom. The minimum Gasteiger partial charge on any atom is -0.354 e. The molecule has 36 heavy (non-hydrogen) atoms. The minimum atomic E-state index is -3.54. The van der Waals surface area contributed by atoms with E-state index < -0.39 is 16.1 Å². The molecular formula is C27H38ClN3O4S. The van der Waals surface area contributed by atoms with Crippen molar-refractivity contribution in [2.75, 3.05) is 23.7 Å². The summed E-state index contributed by atoms with van der Waals surface area (Å²) in [6.07, 6.45) is 3.42. The second-order valence-corrected chi connectivity index (χ2v) is 11.5. The van der Waals surface area contributed by atoms with Crippen LogP contribution in [0, 0.1) is 13.8 Å². The van der Waals surface area contributed by atoms with Crippen molar-refractivity contribution in [3.05, 3.63) is 64.2 Å². The Bertz CT molecular complexity index is 1140. The third kappa shape index (κ3) is 8.82. The average Bonchev–Trinajstić information content (AvgIpc) is 2.82. The molecule has 0 bridgehead atoms. The van der Waals surface area contributed by atoms with Gasteiger partial charge in [0.1, 0.15) is 6.04 Å². The molecule has 1 N–H and O–H groups in total. The van der Waals surface area contributed by atoms with E-state index in [0.717, 1.165) is 29.5 Å². The zero-order valence-electron chi connectivity index (χ0n) is 21.9. The van der Waals surface area contributed by atoms with Gasteiger partial charge < -0.3 is 10.2 Å². The van der Waals surface area contributed by atoms with E-state index in [1.165, 1.54) is 10.6 Å². The molecule has 2 aromatic carbocycles. The molecule has 0 aromatic heterocycles. The third-order valence-electron chi connectivity index (χ3n) is 6.05. The summed E-state index contributed by atoms with van der Waals surface area (Å²) in [6.45, 7) is 8.52. The number of hydrogen-bond acceptors (Lipinski definition) is 4. The molecule has 0 saturated carbocycles. The van der Waals surface area contributed by atoms with Gasteiger partial charge in [-0.05, 0) is 68.5 Å². The topological polar surface area (TPSA) is 86.8 Å². The van der Waals surface area contributed by atoms with Crippen molar-refractivity contribution in [2.45, 2.75) is 66.0 Å². The van der Waals surface area contributed by atoms with Crippen molar-refractivity contribution in [2.24, 2.45) is 0 Å². The third-order valence-corrected chi connectivity index (χ3v) is 7.48. The van der Waals surface area contributed by atoms with E-state index in [4.69, 9.17) is 11.6 Å². The Labute approximate surface area is 220 Å². The number of sulfonamides is 1. The summed E-state index contributed by atoms with van der Waals surface area (Å²) in [4.78, 5) is 27.6. The fraction of sp³-hybridized carbons (Fsp3) is 0.481. The van der Waals surface area contributed by atoms with Gasteiger partial charge in [0.2, 0.25) is 21.8 Å². The number of anilines is 1. The monoisotopic (exact) mass is 535 g/mol. The maximum absolute atomic E-state index is 13.3. The Hall–Kier alpha value is -2.58. The van der Waals surface area contributed by atoms with Crippen molar-refractivity contribution >= 4 is 39.1 Å². The number of halogens is 1. The Morgan fingerprint density at radius 3 is 2.33 bits per heavy atom. The van der Waals surface area contributed by atoms with Crippen LogP contribution in [0.5, 0.6) is 0 Å². The summed E-state index contributed by atoms with van der Waals surface area (Å²) in [6, 6.07) is 12.2. The van der Waals surface area contributed by atoms with E-state index in [1.54, 1.807) is 24.0 Å². The van der Waals surface area contributed by atoms with Gasteiger partial charge in [0, 0.05) is 31.1 Å². The number of nitrogens with zero attached hydrogens (tertiary/aromatic N) is 2. The predicted octanol–water partition coefficient (Wildman–Crippen LogP) is 4.84. The van der Waals surface area contributed by atoms with E-state index in [2.05, 4.69) is 5.32 Å². The smallest absolute Gasteiger partial charge is 0.242 e. The van der Waals surface area contributed by atoms with Crippen molar-refractivity contribution in [3.8, 4) is 0 Å². The van der Waals surface area contributed by atoms with E-state index in [-0.39, 0.29) is 31.3 Å². The highest BCUT2D eigenvalue weighted by Gasteiger charge is 2.26. The van der Waals surface area contributed by atoms with Crippen molar-refractivity contribution in [1.29, 1.82) is 0 Å². The average molecular weight is 536 g/mol. The molecular weight excluding hydrogens is 498 g/mol. The lowest BCUT2D eigenvalue weighted by atomic mass is 10.1. The summed E-state index contributed by atoms with van der Waals surface area (Å²) in [5, 5.41) is 3.49. The Kier molecular flexibility index (Phi) is 11.2. The molecule has 0 spiro atoms. The molecule has 0 aliphatic heterocycles. The van der Waals surface area contributed by atoms with Crippen LogP contribution in [0.25, 0.3) is 0 Å². The van der Waals surface area contributed by atoms with Crippen LogP contribution in [0.15, 0.2) is 42.5 Å². The molecule has 2 rings (SSSR count). The first kappa shape index (κ1) is 29.6. The number of aryl methyl sites for hydroxylation is 2. The number of carbonyl (C=O) groups is 2. The first-order valence-electron chi connectivity index (χ1n) is 12.3. The summed E-state index contributed by atoms with van der Waals surface area (Å²) in [5.74, 6) is -0.420. The molecule has 198 valence electrons. The van der Waals surface area contributed by atoms with Gasteiger partial charge in [0.05, 0.1) is 11.9 Å². The molecule has 9 heteroatoms. The van der Waals surface area contributed by atoms with Gasteiger partial charge in [-0.1, -0.05) is 49.2 Å². The number of rotatable bonds is 13. The molecule has 1 atom stereocenters. The first-order valence-corrected chi connectivity index (χ1v) is 14.5. The van der Waals surface area contributed by atoms with Crippen LogP contribution in [0.1, 0.15) is 56.2 Å². The highest BCUT2D eigenvalue weighted by atomic mass is 35.5. The number of unbranched alkanes of at least 4 members (excludes halogenated alkanes) is 1. The fourth-order valence-electron chi connectivity index (χ4n) is 3.88. The van der Waals surface area contributed by atoms with Gasteiger partial charge in [0.15, 0.2) is 0 Å². The molecule has 2 amide bonds. The number of hydrogen-bond donors (Lipinski definition) is 1. The second kappa shape index (κ2) is 13.7. The molecule has 0 fully saturated rings. The maximum atomic E-state index is 13.3. The van der Waals surface area contributed by atoms with Crippen LogP contribution < -0.4 is 9.62 Å². The van der Waals surface area contributed by atoms with Crippen LogP contribution in [0.3, 0.4) is 0 Å². The van der Waals surface area contributed by atoms with Gasteiger partial charge in [0.25, 0.3) is 0 Å². The SMILES string of the molecule is CCCCNC(=O)[C@@H](C)N(Cc1ccc(Cl)cc1)C(=O)CCCN(c1cc(C)ccc1C)S(C)(=O)=O. The molecule has 7 nitrogen and oxygen atoms in total. The quantitative estimate of drug-likeness (QED) is 0.372. The molecule has 0 aliphatic carbocycles. The molecule has 0 heterocycles. The van der Waals surface area contributed by atoms with Crippen LogP contribution >= 0.6 is 11.6 Å². The van der Waals surface area contributed by atoms with Crippen LogP contribution in [-0.2, 0) is 26.2 Å². The largest absolute Gasteiger partial charge is 0.354 e. The molecule has 0 radical (unpaired) electrons. The highest BCUT2D eigenvalue weighted by Crippen LogP contribution is 2.25. The van der Waals surface area contributed by atoms with Crippen molar-refractivity contribution in [1.82, 2.24) is 10.2 Å². The summed E-state index contributed by atoms with van der Waals surface area (Å²) >= 11 is 6.00. The van der Waals surface area contributed by atoms with Gasteiger partial charge in [-0.25, -0.2) is 8.42 Å². The normalized spacial score (nSPS) is 12.2. The molecule has 0 aliphatic rings. The first-order chi connectivity index (χ1) is 16.9. The second-order valence-electron chi connectivity index (χ2n) is 9.20. The number of nitrogens with one attached hydrogen (secondary N) is 1. The van der Waals surface area contributed by atoms with E-state index in [9.17, 15) is 18.0 Å². The van der Waals surface area contributed by atoms with Crippen LogP contribution in [0.2, 0.25) is 5.02 Å². The van der Waals surface area contributed by atoms with Crippen LogP contribution in [0.4, 0.5) is 5.69 Å². The highest BCUT2D eigenvalue weighted by molar-refractivity contribution is 7.92. The van der Waals surface area contributed by atoms with Gasteiger partial charge in [-0.2, -0.15) is 0 Å². The Morgan fingerprint density at radius 1 is 1.06 bits per heavy atom. The lowest BCUT2D eigenvalue weighted by Gasteiger charge is -2.29. The van der Waals surface area contributed by atoms with E-state index in [0.29, 0.717) is 23.7 Å². The Balaban J connectivity index is 2.17. The predicted molar refractivity (Wildman–Crippen MR) is 147 cm³/mol. The maximum Gasteiger partial charge on any atom is 0.242 e. The lowest BCUT2D eigenvalue weighted by Crippen LogP contribution is -2.48. The lowest BCUT2D eigenvalue weighted by molar-refractivity contribution is -0.140. The minimum absolute atomic E-state index is 0.108. The van der Waals surface area contributed by atoms with E-state index >= 15 is 0 Å². The van der Waals surface area contributed by atoms with E-state index in [1.807, 2.05) is 51.1 Å². The number of carbonyl (C=O) groups excluding carboxylic acids is 2. The summed E-state index contributed by atoms with van der Waals surface area (Å²) in [5.41, 5.74) is 3.28. The fourth-order valence-corrected chi connectivity index (χ4v) is 5.02. The van der Waals surface area contributed by atoms with Crippen molar-refractivity contribution < 1.29 is 18.0 Å².